The molecule has 3 N–H and O–H groups in total. The van der Waals surface area contributed by atoms with Gasteiger partial charge in [-0.3, -0.25) is 9.59 Å². The van der Waals surface area contributed by atoms with Gasteiger partial charge in [0.1, 0.15) is 23.1 Å². The first kappa shape index (κ1) is 23.2. The highest BCUT2D eigenvalue weighted by molar-refractivity contribution is 7.18. The van der Waals surface area contributed by atoms with Gasteiger partial charge in [-0.1, -0.05) is 0 Å². The van der Waals surface area contributed by atoms with Crippen LogP contribution in [0.1, 0.15) is 55.8 Å². The maximum absolute atomic E-state index is 12.8. The molecule has 0 unspecified atom stereocenters. The van der Waals surface area contributed by atoms with Gasteiger partial charge in [0.25, 0.3) is 11.8 Å². The van der Waals surface area contributed by atoms with Crippen LogP contribution in [0.5, 0.6) is 17.2 Å². The van der Waals surface area contributed by atoms with E-state index >= 15 is 0 Å². The average Bonchev–Trinajstić information content (AvgIpc) is 3.50. The number of hydrogen-bond acceptors (Lipinski definition) is 9. The number of nitrogens with one attached hydrogen (secondary N) is 1. The quantitative estimate of drug-likeness (QED) is 0.457. The molecular weight excluding hydrogens is 464 g/mol. The summed E-state index contributed by atoms with van der Waals surface area (Å²) < 4.78 is 27.1. The fourth-order valence-electron chi connectivity index (χ4n) is 3.22. The molecule has 178 valence electrons. The molecule has 2 aromatic heterocycles. The zero-order chi connectivity index (χ0) is 24.4. The molecule has 0 radical (unpaired) electrons. The molecule has 1 aliphatic heterocycles. The van der Waals surface area contributed by atoms with Crippen molar-refractivity contribution in [1.29, 1.82) is 0 Å². The van der Waals surface area contributed by atoms with Crippen LogP contribution in [0.2, 0.25) is 0 Å². The van der Waals surface area contributed by atoms with Crippen LogP contribution < -0.4 is 25.3 Å². The molecule has 0 aliphatic carbocycles. The number of carbonyl (C=O) groups is 3. The number of primary amides is 1. The fourth-order valence-corrected chi connectivity index (χ4v) is 4.26. The lowest BCUT2D eigenvalue weighted by molar-refractivity contribution is 0.0379. The van der Waals surface area contributed by atoms with E-state index in [0.29, 0.717) is 28.6 Å². The predicted octanol–water partition coefficient (Wildman–Crippen LogP) is 3.87. The van der Waals surface area contributed by atoms with Gasteiger partial charge in [-0.2, -0.15) is 0 Å². The Bertz CT molecular complexity index is 1260. The summed E-state index contributed by atoms with van der Waals surface area (Å²) in [5.41, 5.74) is 5.84. The Labute approximate surface area is 198 Å². The summed E-state index contributed by atoms with van der Waals surface area (Å²) in [7, 11) is 0. The van der Waals surface area contributed by atoms with E-state index in [1.54, 1.807) is 45.0 Å². The molecule has 4 rings (SSSR count). The van der Waals surface area contributed by atoms with Crippen LogP contribution in [0.15, 0.2) is 34.7 Å². The third kappa shape index (κ3) is 4.84. The second kappa shape index (κ2) is 9.48. The van der Waals surface area contributed by atoms with Gasteiger partial charge in [0.2, 0.25) is 6.79 Å². The number of ether oxygens (including phenoxy) is 4. The van der Waals surface area contributed by atoms with E-state index in [9.17, 15) is 14.4 Å². The number of carbonyl (C=O) groups excluding carboxylic acids is 3. The summed E-state index contributed by atoms with van der Waals surface area (Å²) in [5, 5.41) is 2.77. The largest absolute Gasteiger partial charge is 0.486 e. The number of rotatable bonds is 8. The lowest BCUT2D eigenvalue weighted by Crippen LogP contribution is -2.17. The third-order valence-corrected chi connectivity index (χ3v) is 5.98. The van der Waals surface area contributed by atoms with Crippen molar-refractivity contribution in [3.8, 4) is 17.2 Å². The molecule has 10 nitrogen and oxygen atoms in total. The molecule has 1 aromatic carbocycles. The molecule has 3 aromatic rings. The molecule has 0 bridgehead atoms. The standard InChI is InChI=1S/C23H22N2O8S/c1-11(2)32-23(28)18-12(3)19(20(24)26)34-22(18)25-21(27)16-7-5-14(33-16)9-29-13-4-6-15-17(8-13)31-10-30-15/h4-8,11H,9-10H2,1-3H3,(H2,24,26)(H,25,27). The summed E-state index contributed by atoms with van der Waals surface area (Å²) in [6.07, 6.45) is -0.384. The van der Waals surface area contributed by atoms with Crippen LogP contribution in [0, 0.1) is 6.92 Å². The zero-order valence-electron chi connectivity index (χ0n) is 18.6. The summed E-state index contributed by atoms with van der Waals surface area (Å²) in [6.45, 7) is 5.20. The number of amides is 2. The number of anilines is 1. The van der Waals surface area contributed by atoms with Crippen LogP contribution in [0.4, 0.5) is 5.00 Å². The van der Waals surface area contributed by atoms with E-state index in [1.807, 2.05) is 0 Å². The van der Waals surface area contributed by atoms with Gasteiger partial charge < -0.3 is 34.4 Å². The molecule has 11 heteroatoms. The molecular formula is C23H22N2O8S. The number of esters is 1. The van der Waals surface area contributed by atoms with Crippen molar-refractivity contribution in [1.82, 2.24) is 0 Å². The number of fused-ring (bicyclic) bond motifs is 1. The van der Waals surface area contributed by atoms with Gasteiger partial charge in [-0.05, 0) is 50.6 Å². The van der Waals surface area contributed by atoms with Crippen molar-refractivity contribution < 1.29 is 37.7 Å². The van der Waals surface area contributed by atoms with Gasteiger partial charge in [0.05, 0.1) is 16.5 Å². The number of thiophene rings is 1. The highest BCUT2D eigenvalue weighted by Gasteiger charge is 2.27. The molecule has 0 atom stereocenters. The van der Waals surface area contributed by atoms with E-state index in [1.165, 1.54) is 6.07 Å². The lowest BCUT2D eigenvalue weighted by atomic mass is 10.1. The minimum absolute atomic E-state index is 0.000795. The van der Waals surface area contributed by atoms with Crippen molar-refractivity contribution in [2.45, 2.75) is 33.5 Å². The first-order valence-electron chi connectivity index (χ1n) is 10.3. The second-order valence-corrected chi connectivity index (χ2v) is 8.62. The Morgan fingerprint density at radius 3 is 2.65 bits per heavy atom. The van der Waals surface area contributed by atoms with Crippen molar-refractivity contribution in [2.75, 3.05) is 12.1 Å². The Morgan fingerprint density at radius 2 is 1.91 bits per heavy atom. The summed E-state index contributed by atoms with van der Waals surface area (Å²) in [4.78, 5) is 37.3. The predicted molar refractivity (Wildman–Crippen MR) is 122 cm³/mol. The van der Waals surface area contributed by atoms with E-state index in [0.717, 1.165) is 11.3 Å². The lowest BCUT2D eigenvalue weighted by Gasteiger charge is -2.10. The van der Waals surface area contributed by atoms with E-state index in [-0.39, 0.29) is 40.7 Å². The highest BCUT2D eigenvalue weighted by Crippen LogP contribution is 2.36. The van der Waals surface area contributed by atoms with Gasteiger partial charge in [-0.15, -0.1) is 11.3 Å². The van der Waals surface area contributed by atoms with Crippen LogP contribution in [0.25, 0.3) is 0 Å². The number of furan rings is 1. The molecule has 34 heavy (non-hydrogen) atoms. The first-order chi connectivity index (χ1) is 16.2. The van der Waals surface area contributed by atoms with Crippen LogP contribution in [0.3, 0.4) is 0 Å². The third-order valence-electron chi connectivity index (χ3n) is 4.76. The maximum Gasteiger partial charge on any atom is 0.341 e. The Hall–Kier alpha value is -3.99. The Morgan fingerprint density at radius 1 is 1.15 bits per heavy atom. The highest BCUT2D eigenvalue weighted by atomic mass is 32.1. The second-order valence-electron chi connectivity index (χ2n) is 7.60. The van der Waals surface area contributed by atoms with Crippen LogP contribution in [-0.4, -0.2) is 30.7 Å². The number of hydrogen-bond donors (Lipinski definition) is 2. The first-order valence-corrected chi connectivity index (χ1v) is 11.1. The van der Waals surface area contributed by atoms with E-state index in [2.05, 4.69) is 5.32 Å². The van der Waals surface area contributed by atoms with E-state index in [4.69, 9.17) is 29.1 Å². The SMILES string of the molecule is Cc1c(C(N)=O)sc(NC(=O)c2ccc(COc3ccc4c(c3)OCO4)o2)c1C(=O)OC(C)C. The van der Waals surface area contributed by atoms with Crippen molar-refractivity contribution in [3.63, 3.8) is 0 Å². The van der Waals surface area contributed by atoms with Gasteiger partial charge in [0, 0.05) is 6.07 Å². The maximum atomic E-state index is 12.8. The summed E-state index contributed by atoms with van der Waals surface area (Å²) in [5.74, 6) is 0.209. The summed E-state index contributed by atoms with van der Waals surface area (Å²) >= 11 is 0.901. The minimum atomic E-state index is -0.706. The topological polar surface area (TPSA) is 139 Å². The summed E-state index contributed by atoms with van der Waals surface area (Å²) in [6, 6.07) is 8.26. The minimum Gasteiger partial charge on any atom is -0.486 e. The van der Waals surface area contributed by atoms with Crippen LogP contribution >= 0.6 is 11.3 Å². The number of nitrogens with two attached hydrogens (primary N) is 1. The monoisotopic (exact) mass is 486 g/mol. The Balaban J connectivity index is 1.46. The van der Waals surface area contributed by atoms with Crippen molar-refractivity contribution in [3.05, 3.63) is 57.9 Å². The van der Waals surface area contributed by atoms with E-state index < -0.39 is 17.8 Å². The number of benzene rings is 1. The van der Waals surface area contributed by atoms with Gasteiger partial charge in [-0.25, -0.2) is 4.79 Å². The van der Waals surface area contributed by atoms with Crippen molar-refractivity contribution in [2.24, 2.45) is 5.73 Å². The Kier molecular flexibility index (Phi) is 6.46. The molecule has 1 aliphatic rings. The molecule has 0 spiro atoms. The fraction of sp³-hybridized carbons (Fsp3) is 0.261. The molecule has 0 saturated heterocycles. The molecule has 0 fully saturated rings. The normalized spacial score (nSPS) is 12.0. The smallest absolute Gasteiger partial charge is 0.341 e. The van der Waals surface area contributed by atoms with Crippen molar-refractivity contribution >= 4 is 34.1 Å². The molecule has 3 heterocycles. The zero-order valence-corrected chi connectivity index (χ0v) is 19.4. The molecule has 0 saturated carbocycles. The molecule has 2 amide bonds. The average molecular weight is 487 g/mol. The van der Waals surface area contributed by atoms with Gasteiger partial charge in [0.15, 0.2) is 17.3 Å². The van der Waals surface area contributed by atoms with Crippen LogP contribution in [-0.2, 0) is 11.3 Å². The van der Waals surface area contributed by atoms with Gasteiger partial charge >= 0.3 is 5.97 Å².